The van der Waals surface area contributed by atoms with Crippen molar-refractivity contribution in [1.82, 2.24) is 0 Å². The van der Waals surface area contributed by atoms with Gasteiger partial charge in [0.1, 0.15) is 0 Å². The minimum absolute atomic E-state index is 0.463. The summed E-state index contributed by atoms with van der Waals surface area (Å²) in [6.07, 6.45) is 5.72. The zero-order chi connectivity index (χ0) is 30.6. The molecule has 0 radical (unpaired) electrons. The maximum atomic E-state index is 2.46. The summed E-state index contributed by atoms with van der Waals surface area (Å²) in [6, 6.07) is 55.9. The zero-order valence-electron chi connectivity index (χ0n) is 25.8. The van der Waals surface area contributed by atoms with Crippen molar-refractivity contribution in [2.75, 3.05) is 4.90 Å². The first-order valence-electron chi connectivity index (χ1n) is 16.2. The Morgan fingerprint density at radius 3 is 1.93 bits per heavy atom. The van der Waals surface area contributed by atoms with Crippen molar-refractivity contribution in [3.63, 3.8) is 0 Å². The number of anilines is 3. The molecule has 0 fully saturated rings. The fraction of sp³-hybridized carbons (Fsp3) is 0.0667. The van der Waals surface area contributed by atoms with Crippen molar-refractivity contribution < 1.29 is 0 Å². The Balaban J connectivity index is 1.26. The smallest absolute Gasteiger partial charge is 0.0543 e. The highest BCUT2D eigenvalue weighted by Crippen LogP contribution is 2.45. The number of nitrogens with zero attached hydrogens (tertiary/aromatic N) is 1. The van der Waals surface area contributed by atoms with Gasteiger partial charge in [0.25, 0.3) is 0 Å². The number of fused-ring (bicyclic) bond motifs is 7. The van der Waals surface area contributed by atoms with Crippen molar-refractivity contribution in [3.05, 3.63) is 169 Å². The molecule has 8 aromatic carbocycles. The fourth-order valence-electron chi connectivity index (χ4n) is 7.52. The molecule has 1 nitrogen and oxygen atoms in total. The molecule has 1 unspecified atom stereocenters. The Hall–Kier alpha value is -5.66. The molecular formula is C45H33N. The summed E-state index contributed by atoms with van der Waals surface area (Å²) in [7, 11) is 0. The lowest BCUT2D eigenvalue weighted by atomic mass is 9.84. The molecule has 8 aromatic rings. The maximum Gasteiger partial charge on any atom is 0.0543 e. The molecule has 0 N–H and O–H groups in total. The van der Waals surface area contributed by atoms with E-state index in [0.717, 1.165) is 17.8 Å². The van der Waals surface area contributed by atoms with Crippen LogP contribution in [0.3, 0.4) is 0 Å². The summed E-state index contributed by atoms with van der Waals surface area (Å²) in [4.78, 5) is 2.46. The van der Waals surface area contributed by atoms with E-state index in [2.05, 4.69) is 176 Å². The molecule has 1 atom stereocenters. The summed E-state index contributed by atoms with van der Waals surface area (Å²) in [6.45, 7) is 2.35. The minimum Gasteiger partial charge on any atom is -0.310 e. The Kier molecular flexibility index (Phi) is 6.24. The molecule has 0 spiro atoms. The largest absolute Gasteiger partial charge is 0.310 e. The molecule has 1 heteroatoms. The molecule has 46 heavy (non-hydrogen) atoms. The van der Waals surface area contributed by atoms with Gasteiger partial charge in [-0.1, -0.05) is 134 Å². The van der Waals surface area contributed by atoms with Gasteiger partial charge >= 0.3 is 0 Å². The minimum atomic E-state index is 0.463. The molecule has 218 valence electrons. The summed E-state index contributed by atoms with van der Waals surface area (Å²) in [5, 5.41) is 10.2. The second kappa shape index (κ2) is 10.8. The average molecular weight is 588 g/mol. The Morgan fingerprint density at radius 2 is 1.13 bits per heavy atom. The predicted molar refractivity (Wildman–Crippen MR) is 199 cm³/mol. The maximum absolute atomic E-state index is 2.46. The van der Waals surface area contributed by atoms with Crippen LogP contribution in [-0.2, 0) is 0 Å². The highest BCUT2D eigenvalue weighted by Gasteiger charge is 2.22. The topological polar surface area (TPSA) is 3.24 Å². The van der Waals surface area contributed by atoms with Gasteiger partial charge in [-0.3, -0.25) is 0 Å². The lowest BCUT2D eigenvalue weighted by Crippen LogP contribution is -2.12. The third kappa shape index (κ3) is 4.31. The van der Waals surface area contributed by atoms with Gasteiger partial charge in [-0.25, -0.2) is 0 Å². The first-order valence-corrected chi connectivity index (χ1v) is 16.2. The Morgan fingerprint density at radius 1 is 0.500 bits per heavy atom. The number of hydrogen-bond acceptors (Lipinski definition) is 1. The molecular weight excluding hydrogens is 555 g/mol. The van der Waals surface area contributed by atoms with Crippen molar-refractivity contribution in [3.8, 4) is 11.1 Å². The van der Waals surface area contributed by atoms with E-state index in [9.17, 15) is 0 Å². The van der Waals surface area contributed by atoms with Crippen LogP contribution in [0.5, 0.6) is 0 Å². The summed E-state index contributed by atoms with van der Waals surface area (Å²) in [5.41, 5.74) is 8.78. The Bertz CT molecular complexity index is 2470. The van der Waals surface area contributed by atoms with Gasteiger partial charge in [-0.2, -0.15) is 0 Å². The third-order valence-corrected chi connectivity index (χ3v) is 9.84. The fourth-order valence-corrected chi connectivity index (χ4v) is 7.52. The molecule has 0 saturated heterocycles. The molecule has 0 saturated carbocycles. The van der Waals surface area contributed by atoms with Crippen LogP contribution in [0.25, 0.3) is 60.3 Å². The second-order valence-corrected chi connectivity index (χ2v) is 12.6. The number of hydrogen-bond donors (Lipinski definition) is 0. The van der Waals surface area contributed by atoms with Crippen molar-refractivity contribution in [1.29, 1.82) is 0 Å². The number of benzene rings is 8. The quantitative estimate of drug-likeness (QED) is 0.185. The Labute approximate surface area is 269 Å². The normalized spacial score (nSPS) is 14.2. The molecule has 0 amide bonds. The molecule has 9 rings (SSSR count). The average Bonchev–Trinajstić information content (AvgIpc) is 3.12. The molecule has 1 aliphatic rings. The highest BCUT2D eigenvalue weighted by molar-refractivity contribution is 6.14. The molecule has 0 aromatic heterocycles. The standard InChI is InChI=1S/C45H33N/c1-30-11-10-20-40-39-17-8-9-19-42(39)45(29-43(30)40)46(36-26-21-31-12-2-3-13-33(31)27-36)35-24-22-32(23-25-35)44-28-34-14-4-5-15-37(34)38-16-6-7-18-41(38)44/h2-10,12-30H,11H2,1H3. The third-order valence-electron chi connectivity index (χ3n) is 9.84. The first kappa shape index (κ1) is 26.7. The molecule has 0 aliphatic heterocycles. The van der Waals surface area contributed by atoms with Gasteiger partial charge in [0.2, 0.25) is 0 Å². The van der Waals surface area contributed by atoms with Gasteiger partial charge in [0.05, 0.1) is 5.69 Å². The SMILES string of the molecule is CC1CC=Cc2c1cc(N(c1ccc(-c3cc4ccccc4c4ccccc34)cc1)c1ccc3ccccc3c1)c1ccccc21. The molecule has 0 bridgehead atoms. The summed E-state index contributed by atoms with van der Waals surface area (Å²) < 4.78 is 0. The van der Waals surface area contributed by atoms with Crippen LogP contribution in [0.4, 0.5) is 17.1 Å². The van der Waals surface area contributed by atoms with Gasteiger partial charge < -0.3 is 4.90 Å². The van der Waals surface area contributed by atoms with Crippen LogP contribution in [0.1, 0.15) is 30.4 Å². The van der Waals surface area contributed by atoms with E-state index >= 15 is 0 Å². The highest BCUT2D eigenvalue weighted by atomic mass is 15.1. The van der Waals surface area contributed by atoms with Crippen LogP contribution in [0.15, 0.2) is 158 Å². The van der Waals surface area contributed by atoms with Gasteiger partial charge in [-0.15, -0.1) is 0 Å². The first-order chi connectivity index (χ1) is 22.7. The zero-order valence-corrected chi connectivity index (χ0v) is 25.8. The van der Waals surface area contributed by atoms with E-state index in [0.29, 0.717) is 5.92 Å². The van der Waals surface area contributed by atoms with E-state index < -0.39 is 0 Å². The van der Waals surface area contributed by atoms with Crippen LogP contribution >= 0.6 is 0 Å². The van der Waals surface area contributed by atoms with Crippen molar-refractivity contribution in [2.45, 2.75) is 19.3 Å². The van der Waals surface area contributed by atoms with E-state index in [-0.39, 0.29) is 0 Å². The lowest BCUT2D eigenvalue weighted by Gasteiger charge is -2.30. The van der Waals surface area contributed by atoms with Crippen molar-refractivity contribution in [2.24, 2.45) is 0 Å². The van der Waals surface area contributed by atoms with E-state index in [4.69, 9.17) is 0 Å². The van der Waals surface area contributed by atoms with Crippen molar-refractivity contribution >= 4 is 66.2 Å². The molecule has 0 heterocycles. The van der Waals surface area contributed by atoms with Gasteiger partial charge in [-0.05, 0) is 109 Å². The summed E-state index contributed by atoms with van der Waals surface area (Å²) >= 11 is 0. The van der Waals surface area contributed by atoms with E-state index in [1.807, 2.05) is 0 Å². The van der Waals surface area contributed by atoms with Gasteiger partial charge in [0.15, 0.2) is 0 Å². The second-order valence-electron chi connectivity index (χ2n) is 12.6. The number of allylic oxidation sites excluding steroid dienone is 1. The monoisotopic (exact) mass is 587 g/mol. The van der Waals surface area contributed by atoms with Crippen LogP contribution in [0.2, 0.25) is 0 Å². The molecule has 1 aliphatic carbocycles. The van der Waals surface area contributed by atoms with E-state index in [1.54, 1.807) is 0 Å². The van der Waals surface area contributed by atoms with Gasteiger partial charge in [0, 0.05) is 16.8 Å². The van der Waals surface area contributed by atoms with E-state index in [1.165, 1.54) is 71.0 Å². The lowest BCUT2D eigenvalue weighted by molar-refractivity contribution is 0.773. The van der Waals surface area contributed by atoms with Crippen LogP contribution < -0.4 is 4.90 Å². The predicted octanol–water partition coefficient (Wildman–Crippen LogP) is 13.0. The van der Waals surface area contributed by atoms with Crippen LogP contribution in [-0.4, -0.2) is 0 Å². The van der Waals surface area contributed by atoms with Crippen LogP contribution in [0, 0.1) is 0 Å². The summed E-state index contributed by atoms with van der Waals surface area (Å²) in [5.74, 6) is 0.463. The number of rotatable bonds is 4.